The largest absolute Gasteiger partial charge is 0.508 e. The molecule has 3 N–H and O–H groups in total. The Balaban J connectivity index is 0.000000336. The number of allylic oxidation sites excluding steroid dienone is 3. The maximum absolute atomic E-state index is 12.3. The van der Waals surface area contributed by atoms with Crippen molar-refractivity contribution >= 4 is 17.6 Å². The lowest BCUT2D eigenvalue weighted by Crippen LogP contribution is -2.29. The molecule has 1 amide bonds. The number of phenols is 2. The van der Waals surface area contributed by atoms with Gasteiger partial charge in [-0.2, -0.15) is 0 Å². The van der Waals surface area contributed by atoms with Crippen molar-refractivity contribution in [3.05, 3.63) is 47.6 Å². The number of cyclic esters (lactones) is 1. The average Bonchev–Trinajstić information content (AvgIpc) is 3.31. The Morgan fingerprint density at radius 2 is 1.78 bits per heavy atom. The molecule has 0 aromatic heterocycles. The molecule has 0 saturated carbocycles. The van der Waals surface area contributed by atoms with E-state index in [-0.39, 0.29) is 36.2 Å². The Labute approximate surface area is 188 Å². The molecule has 3 rings (SSSR count). The number of ether oxygens (including phenoxy) is 1. The van der Waals surface area contributed by atoms with Gasteiger partial charge >= 0.3 is 5.97 Å². The van der Waals surface area contributed by atoms with Crippen LogP contribution in [0, 0.1) is 0 Å². The number of rotatable bonds is 1. The van der Waals surface area contributed by atoms with Crippen LogP contribution in [0.2, 0.25) is 0 Å². The summed E-state index contributed by atoms with van der Waals surface area (Å²) in [7, 11) is 1.67. The molecule has 0 bridgehead atoms. The fourth-order valence-corrected chi connectivity index (χ4v) is 3.46. The second-order valence-corrected chi connectivity index (χ2v) is 7.51. The molecule has 174 valence electrons. The Hall–Kier alpha value is -3.13. The van der Waals surface area contributed by atoms with Gasteiger partial charge in [0.2, 0.25) is 5.91 Å². The number of phenolic OH excluding ortho intramolecular Hbond substituents is 2. The van der Waals surface area contributed by atoms with Crippen LogP contribution in [0.5, 0.6) is 11.5 Å². The van der Waals surface area contributed by atoms with Gasteiger partial charge in [0, 0.05) is 38.3 Å². The zero-order valence-corrected chi connectivity index (χ0v) is 18.5. The van der Waals surface area contributed by atoms with Crippen LogP contribution in [-0.2, 0) is 16.0 Å². The molecule has 32 heavy (non-hydrogen) atoms. The molecule has 1 aromatic rings. The molecule has 0 aliphatic carbocycles. The van der Waals surface area contributed by atoms with E-state index in [0.717, 1.165) is 50.6 Å². The lowest BCUT2D eigenvalue weighted by molar-refractivity contribution is -0.133. The van der Waals surface area contributed by atoms with E-state index in [0.29, 0.717) is 18.4 Å². The van der Waals surface area contributed by atoms with E-state index in [9.17, 15) is 19.8 Å². The molecule has 2 aliphatic heterocycles. The lowest BCUT2D eigenvalue weighted by Gasteiger charge is -2.12. The number of aliphatic imine (C=N–C) groups is 1. The molecule has 1 saturated heterocycles. The first-order valence-corrected chi connectivity index (χ1v) is 10.8. The van der Waals surface area contributed by atoms with Gasteiger partial charge in [0.05, 0.1) is 6.61 Å². The van der Waals surface area contributed by atoms with E-state index in [1.165, 1.54) is 6.07 Å². The van der Waals surface area contributed by atoms with Gasteiger partial charge in [0.25, 0.3) is 0 Å². The predicted octanol–water partition coefficient (Wildman–Crippen LogP) is 2.77. The van der Waals surface area contributed by atoms with E-state index >= 15 is 0 Å². The van der Waals surface area contributed by atoms with Crippen LogP contribution >= 0.6 is 0 Å². The number of fused-ring (bicyclic) bond motifs is 1. The maximum atomic E-state index is 12.3. The maximum Gasteiger partial charge on any atom is 0.342 e. The molecule has 8 heteroatoms. The SMILES string of the molecule is CN=C1/C=C/CC/C=C/CCOC(=O)c2c(O)cc(O)cc2C1.O=C(CO)N1CCCC1. The number of nitrogens with zero attached hydrogens (tertiary/aromatic N) is 2. The number of aliphatic hydroxyl groups excluding tert-OH is 1. The van der Waals surface area contributed by atoms with Gasteiger partial charge < -0.3 is 25.0 Å². The van der Waals surface area contributed by atoms with Crippen LogP contribution in [-0.4, -0.2) is 71.2 Å². The highest BCUT2D eigenvalue weighted by Gasteiger charge is 2.20. The van der Waals surface area contributed by atoms with Crippen LogP contribution in [0.4, 0.5) is 0 Å². The first kappa shape index (κ1) is 25.1. The first-order chi connectivity index (χ1) is 15.5. The van der Waals surface area contributed by atoms with Gasteiger partial charge in [-0.25, -0.2) is 4.79 Å². The number of amides is 1. The lowest BCUT2D eigenvalue weighted by atomic mass is 9.99. The number of benzene rings is 1. The smallest absolute Gasteiger partial charge is 0.342 e. The second-order valence-electron chi connectivity index (χ2n) is 7.51. The predicted molar refractivity (Wildman–Crippen MR) is 122 cm³/mol. The molecule has 0 atom stereocenters. The molecule has 2 aliphatic rings. The number of likely N-dealkylation sites (tertiary alicyclic amines) is 1. The number of carbonyl (C=O) groups is 2. The summed E-state index contributed by atoms with van der Waals surface area (Å²) in [5.41, 5.74) is 1.33. The third-order valence-electron chi connectivity index (χ3n) is 5.14. The molecule has 0 unspecified atom stereocenters. The molecule has 2 heterocycles. The number of hydrogen-bond donors (Lipinski definition) is 3. The van der Waals surface area contributed by atoms with Gasteiger partial charge in [-0.15, -0.1) is 0 Å². The second kappa shape index (κ2) is 13.3. The van der Waals surface area contributed by atoms with Crippen molar-refractivity contribution in [1.82, 2.24) is 4.90 Å². The minimum Gasteiger partial charge on any atom is -0.508 e. The topological polar surface area (TPSA) is 120 Å². The average molecular weight is 445 g/mol. The highest BCUT2D eigenvalue weighted by Crippen LogP contribution is 2.29. The summed E-state index contributed by atoms with van der Waals surface area (Å²) < 4.78 is 5.21. The molecule has 0 radical (unpaired) electrons. The van der Waals surface area contributed by atoms with Crippen LogP contribution < -0.4 is 0 Å². The van der Waals surface area contributed by atoms with E-state index in [2.05, 4.69) is 11.1 Å². The summed E-state index contributed by atoms with van der Waals surface area (Å²) >= 11 is 0. The van der Waals surface area contributed by atoms with Gasteiger partial charge in [-0.1, -0.05) is 18.2 Å². The fraction of sp³-hybridized carbons (Fsp3) is 0.458. The minimum absolute atomic E-state index is 0.0818. The van der Waals surface area contributed by atoms with Crippen LogP contribution in [0.25, 0.3) is 0 Å². The number of esters is 1. The first-order valence-electron chi connectivity index (χ1n) is 10.8. The highest BCUT2D eigenvalue weighted by atomic mass is 16.5. The summed E-state index contributed by atoms with van der Waals surface area (Å²) in [6.07, 6.45) is 12.9. The van der Waals surface area contributed by atoms with Crippen LogP contribution in [0.1, 0.15) is 48.0 Å². The van der Waals surface area contributed by atoms with Crippen molar-refractivity contribution in [2.75, 3.05) is 33.4 Å². The Kier molecular flexibility index (Phi) is 10.5. The Bertz CT molecular complexity index is 869. The van der Waals surface area contributed by atoms with E-state index in [4.69, 9.17) is 9.84 Å². The van der Waals surface area contributed by atoms with Crippen LogP contribution in [0.15, 0.2) is 41.4 Å². The van der Waals surface area contributed by atoms with Crippen molar-refractivity contribution in [2.24, 2.45) is 4.99 Å². The minimum atomic E-state index is -0.595. The van der Waals surface area contributed by atoms with Crippen molar-refractivity contribution in [3.63, 3.8) is 0 Å². The molecule has 0 spiro atoms. The van der Waals surface area contributed by atoms with Crippen molar-refractivity contribution in [2.45, 2.75) is 38.5 Å². The summed E-state index contributed by atoms with van der Waals surface area (Å²) in [4.78, 5) is 28.8. The molecular formula is C24H32N2O6. The zero-order chi connectivity index (χ0) is 23.3. The summed E-state index contributed by atoms with van der Waals surface area (Å²) in [6, 6.07) is 2.60. The van der Waals surface area contributed by atoms with Gasteiger partial charge in [0.1, 0.15) is 23.7 Å². The third-order valence-corrected chi connectivity index (χ3v) is 5.14. The monoisotopic (exact) mass is 444 g/mol. The van der Waals surface area contributed by atoms with Crippen molar-refractivity contribution < 1.29 is 29.6 Å². The Morgan fingerprint density at radius 3 is 2.47 bits per heavy atom. The number of hydrogen-bond acceptors (Lipinski definition) is 7. The number of aromatic hydroxyl groups is 2. The summed E-state index contributed by atoms with van der Waals surface area (Å²) in [6.45, 7) is 1.58. The standard InChI is InChI=1S/C18H21NO4.C6H11NO2/c1-19-14-8-6-4-2-3-5-7-9-23-18(22)17-13(10-14)11-15(20)12-16(17)21;8-5-6(9)7-3-1-2-4-7/h3,5-6,8,11-12,20-21H,2,4,7,9-10H2,1H3;8H,1-5H2/b5-3+,8-6+,19-14?;. The van der Waals surface area contributed by atoms with Gasteiger partial charge in [-0.3, -0.25) is 9.79 Å². The quantitative estimate of drug-likeness (QED) is 0.453. The zero-order valence-electron chi connectivity index (χ0n) is 18.5. The molecule has 1 fully saturated rings. The summed E-state index contributed by atoms with van der Waals surface area (Å²) in [5.74, 6) is -1.11. The van der Waals surface area contributed by atoms with Crippen molar-refractivity contribution in [1.29, 1.82) is 0 Å². The van der Waals surface area contributed by atoms with E-state index in [1.54, 1.807) is 11.9 Å². The fourth-order valence-electron chi connectivity index (χ4n) is 3.46. The van der Waals surface area contributed by atoms with E-state index in [1.807, 2.05) is 18.2 Å². The molecule has 8 nitrogen and oxygen atoms in total. The van der Waals surface area contributed by atoms with E-state index < -0.39 is 5.97 Å². The van der Waals surface area contributed by atoms with Gasteiger partial charge in [0.15, 0.2) is 0 Å². The molecule has 1 aromatic carbocycles. The molecular weight excluding hydrogens is 412 g/mol. The van der Waals surface area contributed by atoms with Crippen molar-refractivity contribution in [3.8, 4) is 11.5 Å². The third kappa shape index (κ3) is 7.85. The van der Waals surface area contributed by atoms with Crippen LogP contribution in [0.3, 0.4) is 0 Å². The summed E-state index contributed by atoms with van der Waals surface area (Å²) in [5, 5.41) is 28.1. The number of aliphatic hydroxyl groups is 1. The Morgan fingerprint density at radius 1 is 1.09 bits per heavy atom. The van der Waals surface area contributed by atoms with Gasteiger partial charge in [-0.05, 0) is 49.8 Å². The highest BCUT2D eigenvalue weighted by molar-refractivity contribution is 6.00. The normalized spacial score (nSPS) is 20.4. The number of carbonyl (C=O) groups excluding carboxylic acids is 2.